The smallest absolute Gasteiger partial charge is 0.280 e. The van der Waals surface area contributed by atoms with Crippen molar-refractivity contribution in [3.63, 3.8) is 0 Å². The Bertz CT molecular complexity index is 1230. The van der Waals surface area contributed by atoms with Crippen molar-refractivity contribution in [3.8, 4) is 22.6 Å². The number of nitrogens with zero attached hydrogens (tertiary/aromatic N) is 1. The highest BCUT2D eigenvalue weighted by atomic mass is 16.5. The van der Waals surface area contributed by atoms with E-state index in [0.717, 1.165) is 27.5 Å². The highest BCUT2D eigenvalue weighted by Gasteiger charge is 2.14. The van der Waals surface area contributed by atoms with Crippen LogP contribution in [0.4, 0.5) is 0 Å². The van der Waals surface area contributed by atoms with Gasteiger partial charge in [0.15, 0.2) is 6.10 Å². The van der Waals surface area contributed by atoms with Crippen LogP contribution in [0.3, 0.4) is 0 Å². The van der Waals surface area contributed by atoms with Crippen LogP contribution in [0.2, 0.25) is 0 Å². The summed E-state index contributed by atoms with van der Waals surface area (Å²) in [5.41, 5.74) is 5.57. The van der Waals surface area contributed by atoms with Crippen LogP contribution in [0, 0.1) is 0 Å². The summed E-state index contributed by atoms with van der Waals surface area (Å²) < 4.78 is 11.2. The van der Waals surface area contributed by atoms with Gasteiger partial charge in [-0.15, -0.1) is 0 Å². The van der Waals surface area contributed by atoms with Crippen LogP contribution in [0.25, 0.3) is 21.9 Å². The molecule has 1 amide bonds. The molecular formula is C27H24N2O3. The fourth-order valence-corrected chi connectivity index (χ4v) is 3.45. The Hall–Kier alpha value is -4.12. The molecule has 1 N–H and O–H groups in total. The van der Waals surface area contributed by atoms with Gasteiger partial charge in [0.05, 0.1) is 13.3 Å². The number of ether oxygens (including phenoxy) is 2. The molecule has 32 heavy (non-hydrogen) atoms. The first-order chi connectivity index (χ1) is 15.7. The van der Waals surface area contributed by atoms with Gasteiger partial charge in [0, 0.05) is 5.56 Å². The molecule has 0 aliphatic heterocycles. The molecule has 0 saturated heterocycles. The molecule has 160 valence electrons. The Balaban J connectivity index is 1.40. The van der Waals surface area contributed by atoms with Crippen LogP contribution >= 0.6 is 0 Å². The second kappa shape index (κ2) is 9.79. The molecule has 0 fully saturated rings. The lowest BCUT2D eigenvalue weighted by molar-refractivity contribution is -0.127. The highest BCUT2D eigenvalue weighted by Crippen LogP contribution is 2.26. The second-order valence-corrected chi connectivity index (χ2v) is 7.29. The summed E-state index contributed by atoms with van der Waals surface area (Å²) in [6, 6.07) is 29.6. The minimum absolute atomic E-state index is 0.340. The zero-order valence-electron chi connectivity index (χ0n) is 18.0. The van der Waals surface area contributed by atoms with Gasteiger partial charge in [-0.1, -0.05) is 72.8 Å². The number of nitrogens with one attached hydrogen (secondary N) is 1. The van der Waals surface area contributed by atoms with E-state index in [4.69, 9.17) is 9.47 Å². The lowest BCUT2D eigenvalue weighted by Crippen LogP contribution is -2.33. The van der Waals surface area contributed by atoms with Crippen molar-refractivity contribution in [1.82, 2.24) is 5.43 Å². The number of carbonyl (C=O) groups excluding carboxylic acids is 1. The molecular weight excluding hydrogens is 400 g/mol. The zero-order valence-corrected chi connectivity index (χ0v) is 18.0. The van der Waals surface area contributed by atoms with E-state index in [1.165, 1.54) is 0 Å². The van der Waals surface area contributed by atoms with E-state index >= 15 is 0 Å². The maximum atomic E-state index is 12.5. The number of hydrogen-bond donors (Lipinski definition) is 1. The summed E-state index contributed by atoms with van der Waals surface area (Å²) in [4.78, 5) is 12.5. The Morgan fingerprint density at radius 1 is 0.875 bits per heavy atom. The quantitative estimate of drug-likeness (QED) is 0.318. The molecule has 1 unspecified atom stereocenters. The van der Waals surface area contributed by atoms with Gasteiger partial charge in [-0.05, 0) is 47.0 Å². The summed E-state index contributed by atoms with van der Waals surface area (Å²) in [6.45, 7) is 1.69. The first-order valence-electron chi connectivity index (χ1n) is 10.4. The van der Waals surface area contributed by atoms with Gasteiger partial charge in [0.2, 0.25) is 0 Å². The molecule has 0 aromatic heterocycles. The summed E-state index contributed by atoms with van der Waals surface area (Å²) in [5.74, 6) is 0.962. The Morgan fingerprint density at radius 2 is 1.56 bits per heavy atom. The lowest BCUT2D eigenvalue weighted by Gasteiger charge is -2.13. The molecule has 0 radical (unpaired) electrons. The van der Waals surface area contributed by atoms with Crippen LogP contribution < -0.4 is 14.9 Å². The van der Waals surface area contributed by atoms with E-state index in [0.29, 0.717) is 11.5 Å². The molecule has 0 heterocycles. The maximum absolute atomic E-state index is 12.5. The standard InChI is InChI=1S/C27H24N2O3/c1-19(32-23-15-12-21(13-16-23)20-8-4-3-5-9-20)27(30)29-28-18-25-24-11-7-6-10-22(24)14-17-26(25)31-2/h3-19H,1-2H3,(H,29,30)/b28-18+. The lowest BCUT2D eigenvalue weighted by atomic mass is 10.0. The Kier molecular flexibility index (Phi) is 6.46. The molecule has 0 aliphatic carbocycles. The van der Waals surface area contributed by atoms with Crippen LogP contribution in [0.1, 0.15) is 12.5 Å². The number of hydrogen-bond acceptors (Lipinski definition) is 4. The molecule has 0 bridgehead atoms. The highest BCUT2D eigenvalue weighted by molar-refractivity contribution is 6.02. The predicted octanol–water partition coefficient (Wildman–Crippen LogP) is 5.43. The van der Waals surface area contributed by atoms with Crippen LogP contribution in [0.15, 0.2) is 96.1 Å². The molecule has 4 aromatic rings. The Morgan fingerprint density at radius 3 is 2.31 bits per heavy atom. The summed E-state index contributed by atoms with van der Waals surface area (Å²) in [6.07, 6.45) is 0.893. The number of fused-ring (bicyclic) bond motifs is 1. The molecule has 4 aromatic carbocycles. The van der Waals surface area contributed by atoms with E-state index in [1.807, 2.05) is 78.9 Å². The van der Waals surface area contributed by atoms with Gasteiger partial charge < -0.3 is 9.47 Å². The van der Waals surface area contributed by atoms with Crippen molar-refractivity contribution in [2.75, 3.05) is 7.11 Å². The summed E-state index contributed by atoms with van der Waals surface area (Å²) in [7, 11) is 1.61. The molecule has 4 rings (SSSR count). The van der Waals surface area contributed by atoms with Gasteiger partial charge >= 0.3 is 0 Å². The van der Waals surface area contributed by atoms with Crippen molar-refractivity contribution in [2.24, 2.45) is 5.10 Å². The second-order valence-electron chi connectivity index (χ2n) is 7.29. The minimum Gasteiger partial charge on any atom is -0.496 e. The zero-order chi connectivity index (χ0) is 22.3. The molecule has 5 heteroatoms. The van der Waals surface area contributed by atoms with Crippen molar-refractivity contribution in [1.29, 1.82) is 0 Å². The van der Waals surface area contributed by atoms with Crippen molar-refractivity contribution in [2.45, 2.75) is 13.0 Å². The SMILES string of the molecule is COc1ccc2ccccc2c1/C=N/NC(=O)C(C)Oc1ccc(-c2ccccc2)cc1. The van der Waals surface area contributed by atoms with Gasteiger partial charge in [-0.25, -0.2) is 5.43 Å². The molecule has 5 nitrogen and oxygen atoms in total. The van der Waals surface area contributed by atoms with E-state index in [-0.39, 0.29) is 5.91 Å². The van der Waals surface area contributed by atoms with E-state index in [9.17, 15) is 4.79 Å². The van der Waals surface area contributed by atoms with Gasteiger partial charge in [0.1, 0.15) is 11.5 Å². The third-order valence-corrected chi connectivity index (χ3v) is 5.16. The van der Waals surface area contributed by atoms with Gasteiger partial charge in [-0.3, -0.25) is 4.79 Å². The minimum atomic E-state index is -0.705. The average molecular weight is 425 g/mol. The Labute approximate surface area is 187 Å². The van der Waals surface area contributed by atoms with E-state index in [2.05, 4.69) is 22.7 Å². The maximum Gasteiger partial charge on any atom is 0.280 e. The number of amides is 1. The third kappa shape index (κ3) is 4.78. The molecule has 0 aliphatic rings. The summed E-state index contributed by atoms with van der Waals surface area (Å²) >= 11 is 0. The predicted molar refractivity (Wildman–Crippen MR) is 128 cm³/mol. The molecule has 0 spiro atoms. The van der Waals surface area contributed by atoms with Crippen LogP contribution in [-0.2, 0) is 4.79 Å². The van der Waals surface area contributed by atoms with E-state index in [1.54, 1.807) is 20.2 Å². The number of carbonyl (C=O) groups is 1. The normalized spacial score (nSPS) is 11.9. The average Bonchev–Trinajstić information content (AvgIpc) is 2.85. The largest absolute Gasteiger partial charge is 0.496 e. The number of rotatable bonds is 7. The van der Waals surface area contributed by atoms with Gasteiger partial charge in [-0.2, -0.15) is 5.10 Å². The van der Waals surface area contributed by atoms with Crippen molar-refractivity contribution < 1.29 is 14.3 Å². The van der Waals surface area contributed by atoms with Crippen LogP contribution in [-0.4, -0.2) is 25.3 Å². The first kappa shape index (κ1) is 21.1. The fourth-order valence-electron chi connectivity index (χ4n) is 3.45. The van der Waals surface area contributed by atoms with E-state index < -0.39 is 6.10 Å². The number of benzene rings is 4. The summed E-state index contributed by atoms with van der Waals surface area (Å²) in [5, 5.41) is 6.19. The monoisotopic (exact) mass is 424 g/mol. The van der Waals surface area contributed by atoms with Crippen molar-refractivity contribution >= 4 is 22.9 Å². The number of methoxy groups -OCH3 is 1. The third-order valence-electron chi connectivity index (χ3n) is 5.16. The fraction of sp³-hybridized carbons (Fsp3) is 0.111. The molecule has 1 atom stereocenters. The van der Waals surface area contributed by atoms with Gasteiger partial charge in [0.25, 0.3) is 5.91 Å². The topological polar surface area (TPSA) is 59.9 Å². The number of hydrazone groups is 1. The first-order valence-corrected chi connectivity index (χ1v) is 10.4. The van der Waals surface area contributed by atoms with Crippen molar-refractivity contribution in [3.05, 3.63) is 96.6 Å². The molecule has 0 saturated carbocycles. The van der Waals surface area contributed by atoms with Crippen LogP contribution in [0.5, 0.6) is 11.5 Å².